The molecule has 0 unspecified atom stereocenters. The van der Waals surface area contributed by atoms with Gasteiger partial charge in [0.1, 0.15) is 0 Å². The molecule has 0 radical (unpaired) electrons. The van der Waals surface area contributed by atoms with Crippen LogP contribution in [-0.4, -0.2) is 44.9 Å². The van der Waals surface area contributed by atoms with E-state index in [-0.39, 0.29) is 11.9 Å². The molecule has 1 aliphatic heterocycles. The zero-order valence-corrected chi connectivity index (χ0v) is 14.8. The number of piperidine rings is 1. The maximum atomic E-state index is 12.6. The summed E-state index contributed by atoms with van der Waals surface area (Å²) in [6.45, 7) is 9.06. The summed E-state index contributed by atoms with van der Waals surface area (Å²) < 4.78 is 17.0. The lowest BCUT2D eigenvalue weighted by Gasteiger charge is -2.24. The molecule has 6 nitrogen and oxygen atoms in total. The van der Waals surface area contributed by atoms with Crippen LogP contribution in [0.4, 0.5) is 0 Å². The van der Waals surface area contributed by atoms with Gasteiger partial charge >= 0.3 is 0 Å². The molecule has 2 rings (SSSR count). The Morgan fingerprint density at radius 2 is 1.58 bits per heavy atom. The lowest BCUT2D eigenvalue weighted by molar-refractivity contribution is 0.0928. The largest absolute Gasteiger partial charge is 0.490 e. The van der Waals surface area contributed by atoms with Gasteiger partial charge in [0.2, 0.25) is 5.75 Å². The molecule has 1 saturated heterocycles. The highest BCUT2D eigenvalue weighted by Crippen LogP contribution is 2.39. The third kappa shape index (κ3) is 4.77. The van der Waals surface area contributed by atoms with Crippen molar-refractivity contribution in [1.29, 1.82) is 0 Å². The molecule has 1 aliphatic rings. The number of carbonyl (C=O) groups excluding carboxylic acids is 1. The van der Waals surface area contributed by atoms with Gasteiger partial charge in [0, 0.05) is 11.6 Å². The standard InChI is InChI=1S/C18H28N2O4/c1-4-22-15-11-13(12-16(23-5-2)17(15)24-6-3)18(21)20-14-7-9-19-10-8-14/h11-12,14,19H,4-10H2,1-3H3,(H,20,21). The quantitative estimate of drug-likeness (QED) is 0.763. The minimum Gasteiger partial charge on any atom is -0.490 e. The Morgan fingerprint density at radius 3 is 2.08 bits per heavy atom. The zero-order valence-electron chi connectivity index (χ0n) is 14.8. The van der Waals surface area contributed by atoms with Crippen LogP contribution in [0.15, 0.2) is 12.1 Å². The van der Waals surface area contributed by atoms with E-state index in [1.54, 1.807) is 12.1 Å². The maximum absolute atomic E-state index is 12.6. The van der Waals surface area contributed by atoms with Gasteiger partial charge < -0.3 is 24.8 Å². The normalized spacial score (nSPS) is 15.0. The summed E-state index contributed by atoms with van der Waals surface area (Å²) in [6.07, 6.45) is 1.89. The van der Waals surface area contributed by atoms with Crippen molar-refractivity contribution in [2.75, 3.05) is 32.9 Å². The molecular weight excluding hydrogens is 308 g/mol. The Morgan fingerprint density at radius 1 is 1.04 bits per heavy atom. The second-order valence-electron chi connectivity index (χ2n) is 5.60. The van der Waals surface area contributed by atoms with E-state index in [0.29, 0.717) is 42.6 Å². The average Bonchev–Trinajstić information content (AvgIpc) is 2.58. The molecule has 134 valence electrons. The van der Waals surface area contributed by atoms with Gasteiger partial charge in [-0.3, -0.25) is 4.79 Å². The average molecular weight is 336 g/mol. The minimum atomic E-state index is -0.105. The smallest absolute Gasteiger partial charge is 0.251 e. The SMILES string of the molecule is CCOc1cc(C(=O)NC2CCNCC2)cc(OCC)c1OCC. The van der Waals surface area contributed by atoms with Gasteiger partial charge in [-0.25, -0.2) is 0 Å². The first-order valence-electron chi connectivity index (χ1n) is 8.77. The Balaban J connectivity index is 2.25. The lowest BCUT2D eigenvalue weighted by atomic mass is 10.1. The maximum Gasteiger partial charge on any atom is 0.251 e. The molecule has 6 heteroatoms. The third-order valence-electron chi connectivity index (χ3n) is 3.85. The fourth-order valence-corrected chi connectivity index (χ4v) is 2.75. The number of ether oxygens (including phenoxy) is 3. The Bertz CT molecular complexity index is 515. The molecule has 1 aromatic rings. The highest BCUT2D eigenvalue weighted by molar-refractivity contribution is 5.95. The van der Waals surface area contributed by atoms with Crippen molar-refractivity contribution in [2.24, 2.45) is 0 Å². The van der Waals surface area contributed by atoms with Gasteiger partial charge in [0.25, 0.3) is 5.91 Å². The number of hydrogen-bond acceptors (Lipinski definition) is 5. The molecule has 0 aromatic heterocycles. The van der Waals surface area contributed by atoms with Crippen molar-refractivity contribution >= 4 is 5.91 Å². The van der Waals surface area contributed by atoms with E-state index in [1.165, 1.54) is 0 Å². The van der Waals surface area contributed by atoms with Gasteiger partial charge in [0.15, 0.2) is 11.5 Å². The Kier molecular flexibility index (Phi) is 7.18. The summed E-state index contributed by atoms with van der Waals surface area (Å²) >= 11 is 0. The van der Waals surface area contributed by atoms with Crippen LogP contribution in [0.5, 0.6) is 17.2 Å². The van der Waals surface area contributed by atoms with E-state index >= 15 is 0 Å². The summed E-state index contributed by atoms with van der Waals surface area (Å²) in [5.74, 6) is 1.54. The van der Waals surface area contributed by atoms with Crippen LogP contribution in [0.3, 0.4) is 0 Å². The molecular formula is C18H28N2O4. The van der Waals surface area contributed by atoms with E-state index in [0.717, 1.165) is 25.9 Å². The molecule has 0 atom stereocenters. The van der Waals surface area contributed by atoms with E-state index in [4.69, 9.17) is 14.2 Å². The molecule has 1 amide bonds. The van der Waals surface area contributed by atoms with E-state index in [2.05, 4.69) is 10.6 Å². The zero-order chi connectivity index (χ0) is 17.4. The van der Waals surface area contributed by atoms with Crippen LogP contribution in [0.2, 0.25) is 0 Å². The van der Waals surface area contributed by atoms with Crippen LogP contribution < -0.4 is 24.8 Å². The third-order valence-corrected chi connectivity index (χ3v) is 3.85. The molecule has 1 heterocycles. The highest BCUT2D eigenvalue weighted by Gasteiger charge is 2.21. The molecule has 1 aromatic carbocycles. The van der Waals surface area contributed by atoms with Crippen molar-refractivity contribution in [3.05, 3.63) is 17.7 Å². The summed E-state index contributed by atoms with van der Waals surface area (Å²) in [7, 11) is 0. The van der Waals surface area contributed by atoms with Gasteiger partial charge in [-0.1, -0.05) is 0 Å². The number of hydrogen-bond donors (Lipinski definition) is 2. The Hall–Kier alpha value is -1.95. The topological polar surface area (TPSA) is 68.8 Å². The first-order chi connectivity index (χ1) is 11.7. The summed E-state index contributed by atoms with van der Waals surface area (Å²) in [5.41, 5.74) is 0.531. The number of nitrogens with one attached hydrogen (secondary N) is 2. The van der Waals surface area contributed by atoms with Gasteiger partial charge in [-0.2, -0.15) is 0 Å². The van der Waals surface area contributed by atoms with Crippen LogP contribution in [0.25, 0.3) is 0 Å². The number of carbonyl (C=O) groups is 1. The second-order valence-corrected chi connectivity index (χ2v) is 5.60. The summed E-state index contributed by atoms with van der Waals surface area (Å²) in [5, 5.41) is 6.39. The van der Waals surface area contributed by atoms with Gasteiger partial charge in [0.05, 0.1) is 19.8 Å². The van der Waals surface area contributed by atoms with E-state index in [1.807, 2.05) is 20.8 Å². The van der Waals surface area contributed by atoms with Crippen molar-refractivity contribution in [3.63, 3.8) is 0 Å². The van der Waals surface area contributed by atoms with Crippen LogP contribution in [0, 0.1) is 0 Å². The van der Waals surface area contributed by atoms with Crippen LogP contribution >= 0.6 is 0 Å². The monoisotopic (exact) mass is 336 g/mol. The van der Waals surface area contributed by atoms with Crippen LogP contribution in [0.1, 0.15) is 44.0 Å². The number of benzene rings is 1. The predicted molar refractivity (Wildman–Crippen MR) is 93.3 cm³/mol. The fourth-order valence-electron chi connectivity index (χ4n) is 2.75. The highest BCUT2D eigenvalue weighted by atomic mass is 16.5. The first kappa shape index (κ1) is 18.4. The first-order valence-corrected chi connectivity index (χ1v) is 8.77. The number of amides is 1. The second kappa shape index (κ2) is 9.37. The summed E-state index contributed by atoms with van der Waals surface area (Å²) in [4.78, 5) is 12.6. The molecule has 0 aliphatic carbocycles. The molecule has 2 N–H and O–H groups in total. The van der Waals surface area contributed by atoms with Crippen molar-refractivity contribution in [1.82, 2.24) is 10.6 Å². The fraction of sp³-hybridized carbons (Fsp3) is 0.611. The minimum absolute atomic E-state index is 0.105. The van der Waals surface area contributed by atoms with Crippen molar-refractivity contribution < 1.29 is 19.0 Å². The van der Waals surface area contributed by atoms with Crippen molar-refractivity contribution in [3.8, 4) is 17.2 Å². The van der Waals surface area contributed by atoms with E-state index < -0.39 is 0 Å². The van der Waals surface area contributed by atoms with E-state index in [9.17, 15) is 4.79 Å². The lowest BCUT2D eigenvalue weighted by Crippen LogP contribution is -2.42. The number of rotatable bonds is 8. The molecule has 0 bridgehead atoms. The van der Waals surface area contributed by atoms with Crippen LogP contribution in [-0.2, 0) is 0 Å². The summed E-state index contributed by atoms with van der Waals surface area (Å²) in [6, 6.07) is 3.66. The Labute approximate surface area is 143 Å². The molecule has 24 heavy (non-hydrogen) atoms. The van der Waals surface area contributed by atoms with Gasteiger partial charge in [-0.05, 0) is 58.8 Å². The van der Waals surface area contributed by atoms with Crippen molar-refractivity contribution in [2.45, 2.75) is 39.7 Å². The molecule has 0 saturated carbocycles. The van der Waals surface area contributed by atoms with Gasteiger partial charge in [-0.15, -0.1) is 0 Å². The molecule has 1 fully saturated rings. The predicted octanol–water partition coefficient (Wildman–Crippen LogP) is 2.36. The molecule has 0 spiro atoms.